The molecule has 0 aromatic heterocycles. The highest BCUT2D eigenvalue weighted by molar-refractivity contribution is 5.95. The van der Waals surface area contributed by atoms with Crippen LogP contribution in [0.5, 0.6) is 0 Å². The van der Waals surface area contributed by atoms with Gasteiger partial charge in [-0.2, -0.15) is 0 Å². The maximum atomic E-state index is 12.7. The average molecular weight is 365 g/mol. The molecule has 1 N–H and O–H groups in total. The van der Waals surface area contributed by atoms with Gasteiger partial charge < -0.3 is 15.1 Å². The number of nitrogens with one attached hydrogen (secondary N) is 1. The molecule has 1 aliphatic rings. The molecule has 27 heavy (non-hydrogen) atoms. The minimum Gasteiger partial charge on any atom is -0.376 e. The van der Waals surface area contributed by atoms with Crippen LogP contribution in [0.25, 0.3) is 0 Å². The van der Waals surface area contributed by atoms with Gasteiger partial charge in [0.15, 0.2) is 0 Å². The molecule has 1 heterocycles. The van der Waals surface area contributed by atoms with E-state index in [-0.39, 0.29) is 18.4 Å². The predicted molar refractivity (Wildman–Crippen MR) is 108 cm³/mol. The van der Waals surface area contributed by atoms with Crippen molar-refractivity contribution in [2.75, 3.05) is 32.0 Å². The van der Waals surface area contributed by atoms with Gasteiger partial charge in [-0.1, -0.05) is 36.4 Å². The third kappa shape index (κ3) is 5.33. The molecule has 0 atom stereocenters. The summed E-state index contributed by atoms with van der Waals surface area (Å²) in [6.07, 6.45) is 3.38. The monoisotopic (exact) mass is 365 g/mol. The average Bonchev–Trinajstić information content (AvgIpc) is 2.73. The molecule has 2 aromatic rings. The standard InChI is InChI=1S/C22H27N3O2/c1-24(17-18-9-4-2-5-10-18)22(27)19-11-8-12-20(15-19)23-16-21(26)25-13-6-3-7-14-25/h2,4-5,8-12,15,23H,3,6-7,13-14,16-17H2,1H3. The second-order valence-electron chi connectivity index (χ2n) is 7.02. The molecule has 142 valence electrons. The number of nitrogens with zero attached hydrogens (tertiary/aromatic N) is 2. The molecule has 0 aliphatic carbocycles. The first-order chi connectivity index (χ1) is 13.1. The van der Waals surface area contributed by atoms with E-state index in [1.165, 1.54) is 6.42 Å². The molecule has 0 unspecified atom stereocenters. The van der Waals surface area contributed by atoms with Crippen molar-refractivity contribution in [3.05, 3.63) is 65.7 Å². The van der Waals surface area contributed by atoms with E-state index in [1.807, 2.05) is 59.5 Å². The zero-order chi connectivity index (χ0) is 19.1. The van der Waals surface area contributed by atoms with E-state index >= 15 is 0 Å². The summed E-state index contributed by atoms with van der Waals surface area (Å²) in [5.41, 5.74) is 2.50. The molecular formula is C22H27N3O2. The molecule has 0 saturated carbocycles. The van der Waals surface area contributed by atoms with Crippen molar-refractivity contribution in [1.82, 2.24) is 9.80 Å². The lowest BCUT2D eigenvalue weighted by molar-refractivity contribution is -0.130. The summed E-state index contributed by atoms with van der Waals surface area (Å²) in [5, 5.41) is 3.16. The van der Waals surface area contributed by atoms with Crippen LogP contribution >= 0.6 is 0 Å². The van der Waals surface area contributed by atoms with Gasteiger partial charge in [-0.15, -0.1) is 0 Å². The first kappa shape index (κ1) is 19.0. The SMILES string of the molecule is CN(Cc1ccccc1)C(=O)c1cccc(NCC(=O)N2CCCCC2)c1. The van der Waals surface area contributed by atoms with Gasteiger partial charge >= 0.3 is 0 Å². The number of carbonyl (C=O) groups excluding carboxylic acids is 2. The zero-order valence-corrected chi connectivity index (χ0v) is 15.9. The van der Waals surface area contributed by atoms with Gasteiger partial charge in [-0.25, -0.2) is 0 Å². The molecule has 5 nitrogen and oxygen atoms in total. The van der Waals surface area contributed by atoms with Crippen LogP contribution in [0, 0.1) is 0 Å². The summed E-state index contributed by atoms with van der Waals surface area (Å²) in [4.78, 5) is 28.6. The number of benzene rings is 2. The Morgan fingerprint density at radius 1 is 1.00 bits per heavy atom. The molecule has 0 bridgehead atoms. The number of anilines is 1. The van der Waals surface area contributed by atoms with Crippen LogP contribution in [0.2, 0.25) is 0 Å². The topological polar surface area (TPSA) is 52.7 Å². The van der Waals surface area contributed by atoms with E-state index in [4.69, 9.17) is 0 Å². The predicted octanol–water partition coefficient (Wildman–Crippen LogP) is 3.38. The normalized spacial score (nSPS) is 13.9. The number of rotatable bonds is 6. The summed E-state index contributed by atoms with van der Waals surface area (Å²) < 4.78 is 0. The fourth-order valence-electron chi connectivity index (χ4n) is 3.34. The first-order valence-corrected chi connectivity index (χ1v) is 9.54. The van der Waals surface area contributed by atoms with Crippen LogP contribution in [0.15, 0.2) is 54.6 Å². The molecule has 2 aromatic carbocycles. The van der Waals surface area contributed by atoms with E-state index in [9.17, 15) is 9.59 Å². The Morgan fingerprint density at radius 2 is 1.74 bits per heavy atom. The van der Waals surface area contributed by atoms with Crippen molar-refractivity contribution in [3.8, 4) is 0 Å². The molecule has 5 heteroatoms. The number of piperidine rings is 1. The second-order valence-corrected chi connectivity index (χ2v) is 7.02. The summed E-state index contributed by atoms with van der Waals surface area (Å²) in [6, 6.07) is 17.3. The van der Waals surface area contributed by atoms with E-state index in [0.29, 0.717) is 12.1 Å². The maximum Gasteiger partial charge on any atom is 0.253 e. The fourth-order valence-corrected chi connectivity index (χ4v) is 3.34. The summed E-state index contributed by atoms with van der Waals surface area (Å²) in [5.74, 6) is 0.0810. The Bertz CT molecular complexity index is 770. The lowest BCUT2D eigenvalue weighted by Gasteiger charge is -2.27. The Morgan fingerprint density at radius 3 is 2.48 bits per heavy atom. The van der Waals surface area contributed by atoms with Crippen molar-refractivity contribution < 1.29 is 9.59 Å². The first-order valence-electron chi connectivity index (χ1n) is 9.54. The van der Waals surface area contributed by atoms with Crippen molar-refractivity contribution in [1.29, 1.82) is 0 Å². The molecule has 1 saturated heterocycles. The van der Waals surface area contributed by atoms with Crippen LogP contribution in [-0.4, -0.2) is 48.3 Å². The van der Waals surface area contributed by atoms with Gasteiger partial charge in [-0.05, 0) is 43.0 Å². The van der Waals surface area contributed by atoms with E-state index in [1.54, 1.807) is 11.9 Å². The van der Waals surface area contributed by atoms with E-state index in [0.717, 1.165) is 37.2 Å². The highest BCUT2D eigenvalue weighted by atomic mass is 16.2. The van der Waals surface area contributed by atoms with Gasteiger partial charge in [-0.3, -0.25) is 9.59 Å². The van der Waals surface area contributed by atoms with Crippen molar-refractivity contribution >= 4 is 17.5 Å². The smallest absolute Gasteiger partial charge is 0.253 e. The fraction of sp³-hybridized carbons (Fsp3) is 0.364. The molecule has 1 fully saturated rings. The molecule has 0 radical (unpaired) electrons. The minimum atomic E-state index is -0.0372. The number of hydrogen-bond donors (Lipinski definition) is 1. The maximum absolute atomic E-state index is 12.7. The van der Waals surface area contributed by atoms with Gasteiger partial charge in [0, 0.05) is 37.9 Å². The van der Waals surface area contributed by atoms with Gasteiger partial charge in [0.25, 0.3) is 5.91 Å². The van der Waals surface area contributed by atoms with Crippen molar-refractivity contribution in [2.45, 2.75) is 25.8 Å². The molecule has 1 aliphatic heterocycles. The Balaban J connectivity index is 1.57. The highest BCUT2D eigenvalue weighted by Gasteiger charge is 2.16. The second kappa shape index (κ2) is 9.21. The third-order valence-corrected chi connectivity index (χ3v) is 4.87. The Hall–Kier alpha value is -2.82. The summed E-state index contributed by atoms with van der Waals surface area (Å²) >= 11 is 0. The quantitative estimate of drug-likeness (QED) is 0.854. The lowest BCUT2D eigenvalue weighted by atomic mass is 10.1. The van der Waals surface area contributed by atoms with E-state index < -0.39 is 0 Å². The summed E-state index contributed by atoms with van der Waals surface area (Å²) in [7, 11) is 1.80. The number of hydrogen-bond acceptors (Lipinski definition) is 3. The molecule has 3 rings (SSSR count). The van der Waals surface area contributed by atoms with Crippen molar-refractivity contribution in [2.24, 2.45) is 0 Å². The zero-order valence-electron chi connectivity index (χ0n) is 15.9. The lowest BCUT2D eigenvalue weighted by Crippen LogP contribution is -2.39. The molecule has 2 amide bonds. The van der Waals surface area contributed by atoms with Gasteiger partial charge in [0.05, 0.1) is 6.54 Å². The summed E-state index contributed by atoms with van der Waals surface area (Å²) in [6.45, 7) is 2.52. The van der Waals surface area contributed by atoms with Crippen LogP contribution in [0.3, 0.4) is 0 Å². The molecule has 0 spiro atoms. The number of amides is 2. The van der Waals surface area contributed by atoms with Crippen LogP contribution in [0.4, 0.5) is 5.69 Å². The largest absolute Gasteiger partial charge is 0.376 e. The minimum absolute atomic E-state index is 0.0372. The third-order valence-electron chi connectivity index (χ3n) is 4.87. The Labute approximate surface area is 161 Å². The highest BCUT2D eigenvalue weighted by Crippen LogP contribution is 2.14. The van der Waals surface area contributed by atoms with Gasteiger partial charge in [0.1, 0.15) is 0 Å². The molecular weight excluding hydrogens is 338 g/mol. The van der Waals surface area contributed by atoms with Crippen LogP contribution in [-0.2, 0) is 11.3 Å². The number of carbonyl (C=O) groups is 2. The van der Waals surface area contributed by atoms with Crippen molar-refractivity contribution in [3.63, 3.8) is 0 Å². The Kier molecular flexibility index (Phi) is 6.47. The van der Waals surface area contributed by atoms with Crippen LogP contribution in [0.1, 0.15) is 35.2 Å². The number of likely N-dealkylation sites (tertiary alicyclic amines) is 1. The van der Waals surface area contributed by atoms with Gasteiger partial charge in [0.2, 0.25) is 5.91 Å². The van der Waals surface area contributed by atoms with Crippen LogP contribution < -0.4 is 5.32 Å². The van der Waals surface area contributed by atoms with E-state index in [2.05, 4.69) is 5.32 Å².